The lowest BCUT2D eigenvalue weighted by Crippen LogP contribution is -2.13. The molecule has 25 heavy (non-hydrogen) atoms. The average molecular weight is 354 g/mol. The molecule has 0 fully saturated rings. The predicted octanol–water partition coefficient (Wildman–Crippen LogP) is 5.19. The van der Waals surface area contributed by atoms with Crippen LogP contribution in [0.1, 0.15) is 34.6 Å². The molecule has 6 heteroatoms. The number of aryl methyl sites for hydroxylation is 2. The van der Waals surface area contributed by atoms with Gasteiger partial charge in [-0.25, -0.2) is 0 Å². The largest absolute Gasteiger partial charge is 0.321 e. The minimum absolute atomic E-state index is 0.0295. The zero-order chi connectivity index (χ0) is 18.0. The number of amides is 1. The minimum atomic E-state index is -0.429. The van der Waals surface area contributed by atoms with Gasteiger partial charge in [0.25, 0.3) is 11.6 Å². The first-order valence-electron chi connectivity index (χ1n) is 8.13. The van der Waals surface area contributed by atoms with Crippen molar-refractivity contribution in [3.05, 3.63) is 68.6 Å². The highest BCUT2D eigenvalue weighted by molar-refractivity contribution is 7.20. The first kappa shape index (κ1) is 17.1. The molecule has 0 aliphatic rings. The van der Waals surface area contributed by atoms with E-state index in [-0.39, 0.29) is 11.6 Å². The molecule has 0 radical (unpaired) electrons. The van der Waals surface area contributed by atoms with E-state index in [1.54, 1.807) is 12.1 Å². The third kappa shape index (κ3) is 3.39. The lowest BCUT2D eigenvalue weighted by Gasteiger charge is -2.13. The van der Waals surface area contributed by atoms with Gasteiger partial charge in [0.2, 0.25) is 0 Å². The van der Waals surface area contributed by atoms with E-state index >= 15 is 0 Å². The normalized spacial score (nSPS) is 10.8. The smallest absolute Gasteiger partial charge is 0.270 e. The van der Waals surface area contributed by atoms with Crippen LogP contribution in [-0.4, -0.2) is 10.8 Å². The summed E-state index contributed by atoms with van der Waals surface area (Å²) in [7, 11) is 0. The molecule has 128 valence electrons. The fourth-order valence-corrected chi connectivity index (χ4v) is 3.77. The van der Waals surface area contributed by atoms with Gasteiger partial charge in [-0.1, -0.05) is 32.0 Å². The predicted molar refractivity (Wildman–Crippen MR) is 102 cm³/mol. The summed E-state index contributed by atoms with van der Waals surface area (Å²) < 4.78 is 0.857. The summed E-state index contributed by atoms with van der Waals surface area (Å²) in [5, 5.41) is 14.6. The van der Waals surface area contributed by atoms with Crippen molar-refractivity contribution in [2.24, 2.45) is 0 Å². The quantitative estimate of drug-likeness (QED) is 0.506. The van der Waals surface area contributed by atoms with Crippen molar-refractivity contribution >= 4 is 38.7 Å². The maximum atomic E-state index is 12.7. The van der Waals surface area contributed by atoms with Gasteiger partial charge in [-0.3, -0.25) is 14.9 Å². The van der Waals surface area contributed by atoms with Gasteiger partial charge < -0.3 is 5.32 Å². The second-order valence-electron chi connectivity index (χ2n) is 5.70. The van der Waals surface area contributed by atoms with Gasteiger partial charge in [0.05, 0.1) is 9.80 Å². The third-order valence-corrected chi connectivity index (χ3v) is 5.29. The monoisotopic (exact) mass is 354 g/mol. The Morgan fingerprint density at radius 2 is 1.80 bits per heavy atom. The van der Waals surface area contributed by atoms with E-state index in [2.05, 4.69) is 19.2 Å². The molecule has 0 spiro atoms. The molecule has 0 saturated heterocycles. The van der Waals surface area contributed by atoms with Crippen LogP contribution in [0.4, 0.5) is 11.4 Å². The van der Waals surface area contributed by atoms with Crippen molar-refractivity contribution in [2.45, 2.75) is 26.7 Å². The molecule has 0 aliphatic heterocycles. The van der Waals surface area contributed by atoms with Crippen molar-refractivity contribution in [1.82, 2.24) is 0 Å². The summed E-state index contributed by atoms with van der Waals surface area (Å²) in [4.78, 5) is 23.7. The first-order chi connectivity index (χ1) is 12.0. The number of para-hydroxylation sites is 1. The lowest BCUT2D eigenvalue weighted by molar-refractivity contribution is -0.384. The Balaban J connectivity index is 1.94. The standard InChI is InChI=1S/C19H18N2O3S/c1-3-12-6-5-7-13(4-2)18(12)20-19(22)17-11-14-10-15(21(23)24)8-9-16(14)25-17/h5-11H,3-4H2,1-2H3,(H,20,22). The van der Waals surface area contributed by atoms with E-state index in [1.807, 2.05) is 18.2 Å². The Hall–Kier alpha value is -2.73. The number of carbonyl (C=O) groups excluding carboxylic acids is 1. The van der Waals surface area contributed by atoms with Gasteiger partial charge in [-0.2, -0.15) is 0 Å². The van der Waals surface area contributed by atoms with E-state index < -0.39 is 4.92 Å². The Bertz CT molecular complexity index is 940. The number of anilines is 1. The number of non-ortho nitro benzene ring substituents is 1. The van der Waals surface area contributed by atoms with E-state index in [0.29, 0.717) is 10.3 Å². The molecule has 1 N–H and O–H groups in total. The SMILES string of the molecule is CCc1cccc(CC)c1NC(=O)c1cc2cc([N+](=O)[O-])ccc2s1. The second kappa shape index (κ2) is 7.03. The first-order valence-corrected chi connectivity index (χ1v) is 8.95. The van der Waals surface area contributed by atoms with Crippen molar-refractivity contribution in [2.75, 3.05) is 5.32 Å². The zero-order valence-corrected chi connectivity index (χ0v) is 14.9. The number of hydrogen-bond acceptors (Lipinski definition) is 4. The summed E-state index contributed by atoms with van der Waals surface area (Å²) in [6.45, 7) is 4.12. The molecule has 0 unspecified atom stereocenters. The molecule has 1 amide bonds. The van der Waals surface area contributed by atoms with Gasteiger partial charge in [0.1, 0.15) is 0 Å². The Kier molecular flexibility index (Phi) is 4.81. The Morgan fingerprint density at radius 3 is 2.40 bits per heavy atom. The number of nitro groups is 1. The van der Waals surface area contributed by atoms with Gasteiger partial charge in [0, 0.05) is 27.9 Å². The van der Waals surface area contributed by atoms with Crippen molar-refractivity contribution in [3.8, 4) is 0 Å². The topological polar surface area (TPSA) is 72.2 Å². The van der Waals surface area contributed by atoms with Crippen LogP contribution >= 0.6 is 11.3 Å². The highest BCUT2D eigenvalue weighted by Gasteiger charge is 2.16. The van der Waals surface area contributed by atoms with Crippen molar-refractivity contribution in [1.29, 1.82) is 0 Å². The lowest BCUT2D eigenvalue weighted by atomic mass is 10.0. The molecule has 0 bridgehead atoms. The van der Waals surface area contributed by atoms with Crippen LogP contribution in [0.5, 0.6) is 0 Å². The number of rotatable bonds is 5. The molecule has 0 atom stereocenters. The summed E-state index contributed by atoms with van der Waals surface area (Å²) in [6.07, 6.45) is 1.67. The fourth-order valence-electron chi connectivity index (χ4n) is 2.83. The van der Waals surface area contributed by atoms with Crippen LogP contribution in [0.25, 0.3) is 10.1 Å². The summed E-state index contributed by atoms with van der Waals surface area (Å²) in [5.41, 5.74) is 3.11. The molecule has 1 heterocycles. The molecule has 5 nitrogen and oxygen atoms in total. The van der Waals surface area contributed by atoms with Crippen LogP contribution in [0.15, 0.2) is 42.5 Å². The minimum Gasteiger partial charge on any atom is -0.321 e. The van der Waals surface area contributed by atoms with Gasteiger partial charge in [0.15, 0.2) is 0 Å². The Morgan fingerprint density at radius 1 is 1.12 bits per heavy atom. The molecule has 3 rings (SSSR count). The van der Waals surface area contributed by atoms with Gasteiger partial charge in [-0.15, -0.1) is 11.3 Å². The number of nitrogens with one attached hydrogen (secondary N) is 1. The van der Waals surface area contributed by atoms with Crippen LogP contribution in [-0.2, 0) is 12.8 Å². The van der Waals surface area contributed by atoms with Crippen LogP contribution in [0, 0.1) is 10.1 Å². The molecule has 0 saturated carbocycles. The molecule has 3 aromatic rings. The maximum absolute atomic E-state index is 12.7. The molecule has 2 aromatic carbocycles. The summed E-state index contributed by atoms with van der Waals surface area (Å²) in [5.74, 6) is -0.181. The summed E-state index contributed by atoms with van der Waals surface area (Å²) >= 11 is 1.34. The van der Waals surface area contributed by atoms with E-state index in [9.17, 15) is 14.9 Å². The number of hydrogen-bond donors (Lipinski definition) is 1. The number of thiophene rings is 1. The maximum Gasteiger partial charge on any atom is 0.270 e. The third-order valence-electron chi connectivity index (χ3n) is 4.17. The summed E-state index contributed by atoms with van der Waals surface area (Å²) in [6, 6.07) is 12.4. The van der Waals surface area contributed by atoms with E-state index in [1.165, 1.54) is 23.5 Å². The van der Waals surface area contributed by atoms with Gasteiger partial charge >= 0.3 is 0 Å². The highest BCUT2D eigenvalue weighted by Crippen LogP contribution is 2.30. The zero-order valence-electron chi connectivity index (χ0n) is 14.0. The number of benzene rings is 2. The Labute approximate surface area is 149 Å². The number of fused-ring (bicyclic) bond motifs is 1. The van der Waals surface area contributed by atoms with Crippen LogP contribution < -0.4 is 5.32 Å². The molecule has 1 aromatic heterocycles. The fraction of sp³-hybridized carbons (Fsp3) is 0.211. The van der Waals surface area contributed by atoms with Crippen LogP contribution in [0.2, 0.25) is 0 Å². The van der Waals surface area contributed by atoms with Crippen molar-refractivity contribution in [3.63, 3.8) is 0 Å². The number of carbonyl (C=O) groups is 1. The van der Waals surface area contributed by atoms with Crippen LogP contribution in [0.3, 0.4) is 0 Å². The van der Waals surface area contributed by atoms with Gasteiger partial charge in [-0.05, 0) is 36.1 Å². The number of nitro benzene ring substituents is 1. The van der Waals surface area contributed by atoms with E-state index in [4.69, 9.17) is 0 Å². The molecular weight excluding hydrogens is 336 g/mol. The van der Waals surface area contributed by atoms with Crippen molar-refractivity contribution < 1.29 is 9.72 Å². The highest BCUT2D eigenvalue weighted by atomic mass is 32.1. The molecular formula is C19H18N2O3S. The van der Waals surface area contributed by atoms with E-state index in [0.717, 1.165) is 34.4 Å². The average Bonchev–Trinajstić information content (AvgIpc) is 3.05. The number of nitrogens with zero attached hydrogens (tertiary/aromatic N) is 1. The second-order valence-corrected chi connectivity index (χ2v) is 6.79. The molecule has 0 aliphatic carbocycles.